The van der Waals surface area contributed by atoms with Gasteiger partial charge in [-0.1, -0.05) is 62.9 Å². The molecule has 0 bridgehead atoms. The number of carbonyl (C=O) groups is 1. The normalized spacial score (nSPS) is 23.7. The summed E-state index contributed by atoms with van der Waals surface area (Å²) in [6, 6.07) is 10.9. The molecule has 1 atom stereocenters. The minimum absolute atomic E-state index is 0.318. The average molecular weight is 286 g/mol. The lowest BCUT2D eigenvalue weighted by Gasteiger charge is -2.32. The van der Waals surface area contributed by atoms with E-state index < -0.39 is 0 Å². The van der Waals surface area contributed by atoms with Crippen LogP contribution in [-0.4, -0.2) is 6.29 Å². The number of unbranched alkanes of at least 4 members (excludes halogenated alkanes) is 3. The molecule has 0 N–H and O–H groups in total. The zero-order chi connectivity index (χ0) is 14.9. The zero-order valence-electron chi connectivity index (χ0n) is 13.5. The molecule has 1 heteroatoms. The standard InChI is InChI=1S/C20H30O/c1-2-3-4-6-11-20(16-21)19-14-12-18(13-15-19)17-9-7-5-8-10-17/h5,7-10,16,18-20H,2-4,6,11-15H2,1H3. The number of benzene rings is 1. The third kappa shape index (κ3) is 4.98. The molecule has 1 saturated carbocycles. The van der Waals surface area contributed by atoms with Crippen LogP contribution in [0.4, 0.5) is 0 Å². The molecule has 1 nitrogen and oxygen atoms in total. The van der Waals surface area contributed by atoms with Gasteiger partial charge in [0.25, 0.3) is 0 Å². The Labute approximate surface area is 130 Å². The highest BCUT2D eigenvalue weighted by molar-refractivity contribution is 5.54. The van der Waals surface area contributed by atoms with Crippen molar-refractivity contribution in [3.05, 3.63) is 35.9 Å². The number of carbonyl (C=O) groups excluding carboxylic acids is 1. The molecule has 1 aliphatic rings. The highest BCUT2D eigenvalue weighted by atomic mass is 16.1. The van der Waals surface area contributed by atoms with Gasteiger partial charge in [-0.25, -0.2) is 0 Å². The minimum Gasteiger partial charge on any atom is -0.303 e. The van der Waals surface area contributed by atoms with Crippen molar-refractivity contribution in [2.24, 2.45) is 11.8 Å². The second-order valence-electron chi connectivity index (χ2n) is 6.67. The first kappa shape index (κ1) is 16.3. The molecule has 0 aliphatic heterocycles. The molecule has 1 aliphatic carbocycles. The molecule has 1 aromatic rings. The molecule has 2 rings (SSSR count). The fourth-order valence-corrected chi connectivity index (χ4v) is 3.83. The van der Waals surface area contributed by atoms with Gasteiger partial charge in [0.1, 0.15) is 6.29 Å². The van der Waals surface area contributed by atoms with Crippen molar-refractivity contribution in [2.45, 2.75) is 70.6 Å². The van der Waals surface area contributed by atoms with Crippen LogP contribution < -0.4 is 0 Å². The van der Waals surface area contributed by atoms with Crippen molar-refractivity contribution in [3.8, 4) is 0 Å². The highest BCUT2D eigenvalue weighted by Crippen LogP contribution is 2.39. The fraction of sp³-hybridized carbons (Fsp3) is 0.650. The molecule has 1 aromatic carbocycles. The average Bonchev–Trinajstić information content (AvgIpc) is 2.56. The van der Waals surface area contributed by atoms with Crippen molar-refractivity contribution in [1.29, 1.82) is 0 Å². The molecule has 0 radical (unpaired) electrons. The third-order valence-electron chi connectivity index (χ3n) is 5.21. The maximum Gasteiger partial charge on any atom is 0.123 e. The Bertz CT molecular complexity index is 390. The van der Waals surface area contributed by atoms with E-state index in [1.807, 2.05) is 0 Å². The maximum absolute atomic E-state index is 11.4. The number of aldehydes is 1. The number of rotatable bonds is 8. The second-order valence-corrected chi connectivity index (χ2v) is 6.67. The molecule has 0 saturated heterocycles. The SMILES string of the molecule is CCCCCCC(C=O)C1CCC(c2ccccc2)CC1. The van der Waals surface area contributed by atoms with Crippen LogP contribution in [0.25, 0.3) is 0 Å². The summed E-state index contributed by atoms with van der Waals surface area (Å²) in [5.41, 5.74) is 1.49. The molecule has 0 spiro atoms. The van der Waals surface area contributed by atoms with Crippen LogP contribution in [0.2, 0.25) is 0 Å². The van der Waals surface area contributed by atoms with E-state index in [4.69, 9.17) is 0 Å². The number of hydrogen-bond donors (Lipinski definition) is 0. The predicted octanol–water partition coefficient (Wildman–Crippen LogP) is 5.75. The summed E-state index contributed by atoms with van der Waals surface area (Å²) >= 11 is 0. The Morgan fingerprint density at radius 1 is 1.05 bits per heavy atom. The van der Waals surface area contributed by atoms with E-state index in [1.165, 1.54) is 63.2 Å². The minimum atomic E-state index is 0.318. The highest BCUT2D eigenvalue weighted by Gasteiger charge is 2.27. The molecular weight excluding hydrogens is 256 g/mol. The van der Waals surface area contributed by atoms with E-state index in [1.54, 1.807) is 0 Å². The van der Waals surface area contributed by atoms with Gasteiger partial charge in [0.2, 0.25) is 0 Å². The van der Waals surface area contributed by atoms with Crippen LogP contribution in [0.1, 0.15) is 76.2 Å². The molecule has 1 fully saturated rings. The molecule has 0 heterocycles. The van der Waals surface area contributed by atoms with Crippen LogP contribution >= 0.6 is 0 Å². The lowest BCUT2D eigenvalue weighted by molar-refractivity contribution is -0.113. The monoisotopic (exact) mass is 286 g/mol. The Morgan fingerprint density at radius 2 is 1.76 bits per heavy atom. The van der Waals surface area contributed by atoms with E-state index in [9.17, 15) is 4.79 Å². The quantitative estimate of drug-likeness (QED) is 0.439. The first-order valence-corrected chi connectivity index (χ1v) is 8.85. The van der Waals surface area contributed by atoms with Crippen LogP contribution in [-0.2, 0) is 4.79 Å². The van der Waals surface area contributed by atoms with Crippen LogP contribution in [0, 0.1) is 11.8 Å². The van der Waals surface area contributed by atoms with E-state index in [0.717, 1.165) is 12.3 Å². The number of hydrogen-bond acceptors (Lipinski definition) is 1. The lowest BCUT2D eigenvalue weighted by Crippen LogP contribution is -2.22. The summed E-state index contributed by atoms with van der Waals surface area (Å²) in [4.78, 5) is 11.4. The van der Waals surface area contributed by atoms with Gasteiger partial charge in [-0.2, -0.15) is 0 Å². The maximum atomic E-state index is 11.4. The van der Waals surface area contributed by atoms with E-state index >= 15 is 0 Å². The largest absolute Gasteiger partial charge is 0.303 e. The molecule has 116 valence electrons. The van der Waals surface area contributed by atoms with Crippen molar-refractivity contribution < 1.29 is 4.79 Å². The predicted molar refractivity (Wildman–Crippen MR) is 89.5 cm³/mol. The van der Waals surface area contributed by atoms with Crippen molar-refractivity contribution >= 4 is 6.29 Å². The van der Waals surface area contributed by atoms with Gasteiger partial charge in [0.05, 0.1) is 0 Å². The van der Waals surface area contributed by atoms with Gasteiger partial charge in [0, 0.05) is 5.92 Å². The Morgan fingerprint density at radius 3 is 2.38 bits per heavy atom. The molecule has 21 heavy (non-hydrogen) atoms. The van der Waals surface area contributed by atoms with Gasteiger partial charge in [-0.15, -0.1) is 0 Å². The topological polar surface area (TPSA) is 17.1 Å². The first-order chi connectivity index (χ1) is 10.3. The van der Waals surface area contributed by atoms with Crippen LogP contribution in [0.3, 0.4) is 0 Å². The lowest BCUT2D eigenvalue weighted by atomic mass is 9.73. The Hall–Kier alpha value is -1.11. The Balaban J connectivity index is 1.77. The van der Waals surface area contributed by atoms with Gasteiger partial charge in [-0.05, 0) is 49.5 Å². The first-order valence-electron chi connectivity index (χ1n) is 8.85. The van der Waals surface area contributed by atoms with Gasteiger partial charge in [0.15, 0.2) is 0 Å². The molecular formula is C20H30O. The summed E-state index contributed by atoms with van der Waals surface area (Å²) in [5, 5.41) is 0. The summed E-state index contributed by atoms with van der Waals surface area (Å²) in [6.07, 6.45) is 12.5. The van der Waals surface area contributed by atoms with Crippen molar-refractivity contribution in [1.82, 2.24) is 0 Å². The summed E-state index contributed by atoms with van der Waals surface area (Å²) in [7, 11) is 0. The molecule has 1 unspecified atom stereocenters. The van der Waals surface area contributed by atoms with Crippen molar-refractivity contribution in [3.63, 3.8) is 0 Å². The molecule has 0 aromatic heterocycles. The smallest absolute Gasteiger partial charge is 0.123 e. The fourth-order valence-electron chi connectivity index (χ4n) is 3.83. The Kier molecular flexibility index (Phi) is 6.99. The summed E-state index contributed by atoms with van der Waals surface area (Å²) in [6.45, 7) is 2.24. The second kappa shape index (κ2) is 9.02. The van der Waals surface area contributed by atoms with E-state index in [0.29, 0.717) is 11.8 Å². The van der Waals surface area contributed by atoms with Crippen LogP contribution in [0.15, 0.2) is 30.3 Å². The van der Waals surface area contributed by atoms with Gasteiger partial charge < -0.3 is 4.79 Å². The third-order valence-corrected chi connectivity index (χ3v) is 5.21. The van der Waals surface area contributed by atoms with E-state index in [2.05, 4.69) is 37.3 Å². The van der Waals surface area contributed by atoms with Gasteiger partial charge >= 0.3 is 0 Å². The van der Waals surface area contributed by atoms with E-state index in [-0.39, 0.29) is 0 Å². The van der Waals surface area contributed by atoms with Gasteiger partial charge in [-0.3, -0.25) is 0 Å². The van der Waals surface area contributed by atoms with Crippen LogP contribution in [0.5, 0.6) is 0 Å². The zero-order valence-corrected chi connectivity index (χ0v) is 13.5. The summed E-state index contributed by atoms with van der Waals surface area (Å²) in [5.74, 6) is 1.68. The summed E-state index contributed by atoms with van der Waals surface area (Å²) < 4.78 is 0. The van der Waals surface area contributed by atoms with Crippen molar-refractivity contribution in [2.75, 3.05) is 0 Å². The molecule has 0 amide bonds.